The van der Waals surface area contributed by atoms with Gasteiger partial charge in [-0.15, -0.1) is 0 Å². The smallest absolute Gasteiger partial charge is 0.144 e. The number of hydrogen-bond acceptors (Lipinski definition) is 4. The fraction of sp³-hybridized carbons (Fsp3) is 0.647. The van der Waals surface area contributed by atoms with Gasteiger partial charge < -0.3 is 15.4 Å². The molecule has 4 heteroatoms. The van der Waals surface area contributed by atoms with Gasteiger partial charge in [0.25, 0.3) is 0 Å². The second-order valence-corrected chi connectivity index (χ2v) is 6.20. The van der Waals surface area contributed by atoms with Gasteiger partial charge in [0, 0.05) is 37.4 Å². The highest BCUT2D eigenvalue weighted by molar-refractivity contribution is 5.62. The van der Waals surface area contributed by atoms with E-state index in [9.17, 15) is 0 Å². The second kappa shape index (κ2) is 6.56. The molecule has 0 radical (unpaired) electrons. The number of benzene rings is 1. The summed E-state index contributed by atoms with van der Waals surface area (Å²) in [6.07, 6.45) is 5.09. The summed E-state index contributed by atoms with van der Waals surface area (Å²) in [7, 11) is 0. The maximum atomic E-state index is 6.01. The maximum absolute atomic E-state index is 6.01. The molecule has 4 nitrogen and oxygen atoms in total. The third-order valence-corrected chi connectivity index (χ3v) is 4.66. The van der Waals surface area contributed by atoms with Crippen LogP contribution in [-0.4, -0.2) is 43.7 Å². The fourth-order valence-corrected chi connectivity index (χ4v) is 3.45. The van der Waals surface area contributed by atoms with Gasteiger partial charge in [-0.3, -0.25) is 4.90 Å². The minimum atomic E-state index is 0.726. The van der Waals surface area contributed by atoms with Crippen molar-refractivity contribution in [2.45, 2.75) is 38.6 Å². The Morgan fingerprint density at radius 1 is 1.24 bits per heavy atom. The van der Waals surface area contributed by atoms with E-state index >= 15 is 0 Å². The van der Waals surface area contributed by atoms with Crippen LogP contribution in [0.2, 0.25) is 0 Å². The maximum Gasteiger partial charge on any atom is 0.144 e. The average Bonchev–Trinajstić information content (AvgIpc) is 2.53. The summed E-state index contributed by atoms with van der Waals surface area (Å²) >= 11 is 0. The molecule has 1 atom stereocenters. The summed E-state index contributed by atoms with van der Waals surface area (Å²) in [6.45, 7) is 7.54. The van der Waals surface area contributed by atoms with Crippen LogP contribution in [0.3, 0.4) is 0 Å². The number of piperazine rings is 1. The van der Waals surface area contributed by atoms with Gasteiger partial charge in [0.05, 0.1) is 12.3 Å². The quantitative estimate of drug-likeness (QED) is 0.865. The predicted octanol–water partition coefficient (Wildman–Crippen LogP) is 2.73. The van der Waals surface area contributed by atoms with Crippen molar-refractivity contribution in [1.29, 1.82) is 0 Å². The number of nitrogens with zero attached hydrogens (tertiary/aromatic N) is 2. The zero-order valence-electron chi connectivity index (χ0n) is 13.1. The molecular formula is C17H27N3O. The van der Waals surface area contributed by atoms with Gasteiger partial charge in [-0.05, 0) is 37.9 Å². The van der Waals surface area contributed by atoms with E-state index in [1.165, 1.54) is 38.0 Å². The first-order valence-corrected chi connectivity index (χ1v) is 8.29. The number of rotatable bonds is 4. The number of hydrogen-bond donors (Lipinski definition) is 1. The van der Waals surface area contributed by atoms with Crippen LogP contribution in [-0.2, 0) is 0 Å². The molecule has 0 amide bonds. The molecule has 2 N–H and O–H groups in total. The standard InChI is InChI=1S/C17H27N3O/c1-2-11-21-17-12-14(6-7-16(17)18)20-10-9-19-8-4-3-5-15(19)13-20/h6-7,12,15H,2-5,8-11,13,18H2,1H3. The highest BCUT2D eigenvalue weighted by atomic mass is 16.5. The van der Waals surface area contributed by atoms with Crippen molar-refractivity contribution >= 4 is 11.4 Å². The van der Waals surface area contributed by atoms with Crippen LogP contribution in [0.15, 0.2) is 18.2 Å². The number of fused-ring (bicyclic) bond motifs is 1. The number of ether oxygens (including phenoxy) is 1. The van der Waals surface area contributed by atoms with Gasteiger partial charge in [-0.25, -0.2) is 0 Å². The first-order chi connectivity index (χ1) is 10.3. The molecule has 2 heterocycles. The van der Waals surface area contributed by atoms with Crippen LogP contribution >= 0.6 is 0 Å². The van der Waals surface area contributed by atoms with Gasteiger partial charge in [0.1, 0.15) is 5.75 Å². The zero-order chi connectivity index (χ0) is 14.7. The molecule has 1 unspecified atom stereocenters. The van der Waals surface area contributed by atoms with E-state index in [1.807, 2.05) is 6.07 Å². The Morgan fingerprint density at radius 2 is 2.14 bits per heavy atom. The second-order valence-electron chi connectivity index (χ2n) is 6.20. The molecule has 2 aliphatic heterocycles. The zero-order valence-corrected chi connectivity index (χ0v) is 13.1. The number of nitrogens with two attached hydrogens (primary N) is 1. The lowest BCUT2D eigenvalue weighted by Crippen LogP contribution is -2.54. The van der Waals surface area contributed by atoms with Crippen molar-refractivity contribution in [3.63, 3.8) is 0 Å². The van der Waals surface area contributed by atoms with E-state index in [1.54, 1.807) is 0 Å². The largest absolute Gasteiger partial charge is 0.491 e. The highest BCUT2D eigenvalue weighted by Crippen LogP contribution is 2.30. The topological polar surface area (TPSA) is 41.7 Å². The lowest BCUT2D eigenvalue weighted by atomic mass is 9.99. The molecule has 0 bridgehead atoms. The van der Waals surface area contributed by atoms with Crippen molar-refractivity contribution in [1.82, 2.24) is 4.90 Å². The van der Waals surface area contributed by atoms with Crippen LogP contribution in [0, 0.1) is 0 Å². The molecular weight excluding hydrogens is 262 g/mol. The minimum Gasteiger partial charge on any atom is -0.491 e. The Balaban J connectivity index is 1.71. The summed E-state index contributed by atoms with van der Waals surface area (Å²) in [5.41, 5.74) is 8.00. The normalized spacial score (nSPS) is 22.9. The summed E-state index contributed by atoms with van der Waals surface area (Å²) in [4.78, 5) is 5.15. The van der Waals surface area contributed by atoms with Crippen LogP contribution in [0.25, 0.3) is 0 Å². The van der Waals surface area contributed by atoms with Crippen LogP contribution in [0.5, 0.6) is 5.75 Å². The number of nitrogen functional groups attached to an aromatic ring is 1. The van der Waals surface area contributed by atoms with E-state index in [-0.39, 0.29) is 0 Å². The minimum absolute atomic E-state index is 0.726. The summed E-state index contributed by atoms with van der Waals surface area (Å²) in [5.74, 6) is 0.834. The van der Waals surface area contributed by atoms with Crippen LogP contribution in [0.1, 0.15) is 32.6 Å². The highest BCUT2D eigenvalue weighted by Gasteiger charge is 2.29. The summed E-state index contributed by atoms with van der Waals surface area (Å²) in [5, 5.41) is 0. The van der Waals surface area contributed by atoms with Gasteiger partial charge >= 0.3 is 0 Å². The monoisotopic (exact) mass is 289 g/mol. The van der Waals surface area contributed by atoms with Crippen molar-refractivity contribution in [3.8, 4) is 5.75 Å². The molecule has 21 heavy (non-hydrogen) atoms. The SMILES string of the molecule is CCCOc1cc(N2CCN3CCCCC3C2)ccc1N. The third-order valence-electron chi connectivity index (χ3n) is 4.66. The fourth-order valence-electron chi connectivity index (χ4n) is 3.45. The molecule has 0 aliphatic carbocycles. The Labute approximate surface area is 127 Å². The van der Waals surface area contributed by atoms with Crippen LogP contribution in [0.4, 0.5) is 11.4 Å². The van der Waals surface area contributed by atoms with Gasteiger partial charge in [0.2, 0.25) is 0 Å². The van der Waals surface area contributed by atoms with Gasteiger partial charge in [-0.1, -0.05) is 13.3 Å². The molecule has 0 spiro atoms. The van der Waals surface area contributed by atoms with Crippen LogP contribution < -0.4 is 15.4 Å². The van der Waals surface area contributed by atoms with Crippen molar-refractivity contribution in [2.24, 2.45) is 0 Å². The molecule has 0 aromatic heterocycles. The van der Waals surface area contributed by atoms with E-state index in [4.69, 9.17) is 10.5 Å². The van der Waals surface area contributed by atoms with E-state index in [2.05, 4.69) is 28.9 Å². The Kier molecular flexibility index (Phi) is 4.54. The van der Waals surface area contributed by atoms with Crippen molar-refractivity contribution in [2.75, 3.05) is 43.4 Å². The third kappa shape index (κ3) is 3.26. The summed E-state index contributed by atoms with van der Waals surface area (Å²) in [6, 6.07) is 6.95. The van der Waals surface area contributed by atoms with Crippen molar-refractivity contribution < 1.29 is 4.74 Å². The molecule has 2 fully saturated rings. The van der Waals surface area contributed by atoms with E-state index < -0.39 is 0 Å². The van der Waals surface area contributed by atoms with Gasteiger partial charge in [-0.2, -0.15) is 0 Å². The molecule has 1 aromatic carbocycles. The molecule has 1 aromatic rings. The van der Waals surface area contributed by atoms with Gasteiger partial charge in [0.15, 0.2) is 0 Å². The first kappa shape index (κ1) is 14.5. The number of anilines is 2. The van der Waals surface area contributed by atoms with E-state index in [0.29, 0.717) is 0 Å². The Morgan fingerprint density at radius 3 is 3.00 bits per heavy atom. The van der Waals surface area contributed by atoms with E-state index in [0.717, 1.165) is 43.6 Å². The molecule has 116 valence electrons. The summed E-state index contributed by atoms with van der Waals surface area (Å²) < 4.78 is 5.76. The first-order valence-electron chi connectivity index (χ1n) is 8.29. The molecule has 2 aliphatic rings. The molecule has 3 rings (SSSR count). The molecule has 2 saturated heterocycles. The predicted molar refractivity (Wildman–Crippen MR) is 88.1 cm³/mol. The van der Waals surface area contributed by atoms with Crippen molar-refractivity contribution in [3.05, 3.63) is 18.2 Å². The lowest BCUT2D eigenvalue weighted by molar-refractivity contribution is 0.133. The average molecular weight is 289 g/mol. The molecule has 0 saturated carbocycles. The lowest BCUT2D eigenvalue weighted by Gasteiger charge is -2.45. The Bertz CT molecular complexity index is 477. The number of piperidine rings is 1. The Hall–Kier alpha value is -1.42.